The zero-order chi connectivity index (χ0) is 20.9. The Morgan fingerprint density at radius 2 is 1.77 bits per heavy atom. The first-order chi connectivity index (χ1) is 14.6. The van der Waals surface area contributed by atoms with Crippen LogP contribution in [0.15, 0.2) is 36.4 Å². The summed E-state index contributed by atoms with van der Waals surface area (Å²) in [7, 11) is 0. The van der Waals surface area contributed by atoms with Crippen molar-refractivity contribution < 1.29 is 14.3 Å². The molecule has 2 aromatic rings. The van der Waals surface area contributed by atoms with Crippen molar-refractivity contribution in [3.63, 3.8) is 0 Å². The van der Waals surface area contributed by atoms with Crippen molar-refractivity contribution in [2.75, 3.05) is 26.3 Å². The number of amides is 1. The molecule has 0 spiro atoms. The molecule has 2 aliphatic rings. The molecular formula is C24H29ClN2O3. The zero-order valence-electron chi connectivity index (χ0n) is 17.5. The Hall–Kier alpha value is -2.24. The molecule has 2 aliphatic heterocycles. The first-order valence-electron chi connectivity index (χ1n) is 10.7. The van der Waals surface area contributed by atoms with Crippen LogP contribution in [0.1, 0.15) is 36.5 Å². The number of carbonyl (C=O) groups is 1. The summed E-state index contributed by atoms with van der Waals surface area (Å²) in [6, 6.07) is 12.1. The molecule has 1 amide bonds. The molecule has 0 saturated carbocycles. The van der Waals surface area contributed by atoms with Gasteiger partial charge in [-0.05, 0) is 60.7 Å². The van der Waals surface area contributed by atoms with Crippen molar-refractivity contribution in [2.24, 2.45) is 5.92 Å². The average molecular weight is 429 g/mol. The lowest BCUT2D eigenvalue weighted by Gasteiger charge is -2.30. The first-order valence-corrected chi connectivity index (χ1v) is 11.1. The average Bonchev–Trinajstić information content (AvgIpc) is 2.75. The number of likely N-dealkylation sites (tertiary alicyclic amines) is 1. The minimum absolute atomic E-state index is 0.0470. The van der Waals surface area contributed by atoms with E-state index in [1.54, 1.807) is 6.07 Å². The van der Waals surface area contributed by atoms with Gasteiger partial charge in [0.25, 0.3) is 0 Å². The van der Waals surface area contributed by atoms with E-state index in [1.165, 1.54) is 31.5 Å². The third-order valence-electron chi connectivity index (χ3n) is 5.82. The highest BCUT2D eigenvalue weighted by Gasteiger charge is 2.18. The van der Waals surface area contributed by atoms with Gasteiger partial charge in [-0.2, -0.15) is 0 Å². The molecule has 0 radical (unpaired) electrons. The fourth-order valence-electron chi connectivity index (χ4n) is 3.96. The quantitative estimate of drug-likeness (QED) is 0.749. The van der Waals surface area contributed by atoms with Crippen LogP contribution in [0.2, 0.25) is 5.02 Å². The van der Waals surface area contributed by atoms with Gasteiger partial charge in [0.2, 0.25) is 5.91 Å². The van der Waals surface area contributed by atoms with Crippen LogP contribution in [0.4, 0.5) is 0 Å². The van der Waals surface area contributed by atoms with Gasteiger partial charge in [-0.3, -0.25) is 9.69 Å². The Labute approximate surface area is 183 Å². The van der Waals surface area contributed by atoms with E-state index < -0.39 is 0 Å². The number of benzene rings is 2. The summed E-state index contributed by atoms with van der Waals surface area (Å²) in [5, 5.41) is 3.47. The topological polar surface area (TPSA) is 50.8 Å². The Balaban J connectivity index is 1.26. The lowest BCUT2D eigenvalue weighted by Crippen LogP contribution is -2.32. The van der Waals surface area contributed by atoms with Crippen LogP contribution in [0.3, 0.4) is 0 Å². The van der Waals surface area contributed by atoms with E-state index in [1.807, 2.05) is 6.07 Å². The highest BCUT2D eigenvalue weighted by molar-refractivity contribution is 6.32. The molecule has 0 aromatic heterocycles. The SMILES string of the molecule is CC1CCN(Cc2ccc(CNC(=O)Cc3cc(Cl)c4c(c3)OCCO4)cc2)CC1. The van der Waals surface area contributed by atoms with E-state index in [0.29, 0.717) is 36.3 Å². The number of ether oxygens (including phenoxy) is 2. The molecule has 160 valence electrons. The van der Waals surface area contributed by atoms with Crippen molar-refractivity contribution in [3.8, 4) is 11.5 Å². The molecule has 5 nitrogen and oxygen atoms in total. The van der Waals surface area contributed by atoms with Gasteiger partial charge in [0.1, 0.15) is 13.2 Å². The number of fused-ring (bicyclic) bond motifs is 1. The molecule has 0 unspecified atom stereocenters. The second kappa shape index (κ2) is 9.71. The smallest absolute Gasteiger partial charge is 0.224 e. The van der Waals surface area contributed by atoms with Gasteiger partial charge in [0.15, 0.2) is 11.5 Å². The summed E-state index contributed by atoms with van der Waals surface area (Å²) < 4.78 is 11.1. The molecule has 1 saturated heterocycles. The van der Waals surface area contributed by atoms with Gasteiger partial charge in [-0.15, -0.1) is 0 Å². The summed E-state index contributed by atoms with van der Waals surface area (Å²) in [6.07, 6.45) is 2.83. The summed E-state index contributed by atoms with van der Waals surface area (Å²) in [4.78, 5) is 14.9. The van der Waals surface area contributed by atoms with Gasteiger partial charge in [0.05, 0.1) is 11.4 Å². The Morgan fingerprint density at radius 1 is 1.07 bits per heavy atom. The number of rotatable bonds is 6. The molecule has 0 bridgehead atoms. The maximum atomic E-state index is 12.4. The number of halogens is 1. The predicted octanol–water partition coefficient (Wildman–Crippen LogP) is 4.20. The molecule has 1 N–H and O–H groups in total. The number of hydrogen-bond acceptors (Lipinski definition) is 4. The van der Waals surface area contributed by atoms with E-state index in [-0.39, 0.29) is 12.3 Å². The Morgan fingerprint density at radius 3 is 2.53 bits per heavy atom. The van der Waals surface area contributed by atoms with Gasteiger partial charge < -0.3 is 14.8 Å². The second-order valence-electron chi connectivity index (χ2n) is 8.33. The van der Waals surface area contributed by atoms with E-state index in [2.05, 4.69) is 41.4 Å². The fourth-order valence-corrected chi connectivity index (χ4v) is 4.24. The monoisotopic (exact) mass is 428 g/mol. The first kappa shape index (κ1) is 21.0. The van der Waals surface area contributed by atoms with Gasteiger partial charge in [-0.1, -0.05) is 42.8 Å². The fraction of sp³-hybridized carbons (Fsp3) is 0.458. The largest absolute Gasteiger partial charge is 0.486 e. The van der Waals surface area contributed by atoms with E-state index in [9.17, 15) is 4.79 Å². The van der Waals surface area contributed by atoms with Crippen molar-refractivity contribution >= 4 is 17.5 Å². The maximum absolute atomic E-state index is 12.4. The van der Waals surface area contributed by atoms with Gasteiger partial charge in [-0.25, -0.2) is 0 Å². The van der Waals surface area contributed by atoms with Crippen molar-refractivity contribution in [3.05, 3.63) is 58.1 Å². The van der Waals surface area contributed by atoms with Crippen LogP contribution in [0.25, 0.3) is 0 Å². The van der Waals surface area contributed by atoms with Crippen molar-refractivity contribution in [1.29, 1.82) is 0 Å². The summed E-state index contributed by atoms with van der Waals surface area (Å²) >= 11 is 6.26. The third-order valence-corrected chi connectivity index (χ3v) is 6.10. The number of hydrogen-bond donors (Lipinski definition) is 1. The van der Waals surface area contributed by atoms with E-state index in [4.69, 9.17) is 21.1 Å². The minimum Gasteiger partial charge on any atom is -0.486 e. The van der Waals surface area contributed by atoms with Crippen LogP contribution in [0, 0.1) is 5.92 Å². The molecule has 6 heteroatoms. The van der Waals surface area contributed by atoms with Gasteiger partial charge in [0, 0.05) is 13.1 Å². The van der Waals surface area contributed by atoms with Crippen LogP contribution in [-0.4, -0.2) is 37.1 Å². The minimum atomic E-state index is -0.0470. The van der Waals surface area contributed by atoms with E-state index >= 15 is 0 Å². The maximum Gasteiger partial charge on any atom is 0.224 e. The third kappa shape index (κ3) is 5.46. The van der Waals surface area contributed by atoms with Crippen LogP contribution in [0.5, 0.6) is 11.5 Å². The number of piperidine rings is 1. The molecule has 30 heavy (non-hydrogen) atoms. The summed E-state index contributed by atoms with van der Waals surface area (Å²) in [6.45, 7) is 7.20. The highest BCUT2D eigenvalue weighted by atomic mass is 35.5. The van der Waals surface area contributed by atoms with Crippen LogP contribution in [-0.2, 0) is 24.3 Å². The molecule has 0 atom stereocenters. The van der Waals surface area contributed by atoms with E-state index in [0.717, 1.165) is 23.6 Å². The normalized spacial score (nSPS) is 17.0. The lowest BCUT2D eigenvalue weighted by atomic mass is 9.99. The molecular weight excluding hydrogens is 400 g/mol. The molecule has 2 heterocycles. The summed E-state index contributed by atoms with van der Waals surface area (Å²) in [5.41, 5.74) is 3.23. The standard InChI is InChI=1S/C24H29ClN2O3/c1-17-6-8-27(9-7-17)16-19-4-2-18(3-5-19)15-26-23(28)14-20-12-21(25)24-22(13-20)29-10-11-30-24/h2-5,12-13,17H,6-11,14-16H2,1H3,(H,26,28). The van der Waals surface area contributed by atoms with Crippen molar-refractivity contribution in [1.82, 2.24) is 10.2 Å². The Kier molecular flexibility index (Phi) is 6.80. The Bertz CT molecular complexity index is 877. The van der Waals surface area contributed by atoms with Crippen molar-refractivity contribution in [2.45, 2.75) is 39.3 Å². The predicted molar refractivity (Wildman–Crippen MR) is 118 cm³/mol. The van der Waals surface area contributed by atoms with Gasteiger partial charge >= 0.3 is 0 Å². The lowest BCUT2D eigenvalue weighted by molar-refractivity contribution is -0.120. The number of carbonyl (C=O) groups excluding carboxylic acids is 1. The van der Waals surface area contributed by atoms with Crippen LogP contribution >= 0.6 is 11.6 Å². The zero-order valence-corrected chi connectivity index (χ0v) is 18.2. The molecule has 1 fully saturated rings. The second-order valence-corrected chi connectivity index (χ2v) is 8.74. The number of nitrogens with zero attached hydrogens (tertiary/aromatic N) is 1. The number of nitrogens with one attached hydrogen (secondary N) is 1. The molecule has 2 aromatic carbocycles. The summed E-state index contributed by atoms with van der Waals surface area (Å²) in [5.74, 6) is 1.97. The molecule has 0 aliphatic carbocycles. The van der Waals surface area contributed by atoms with Crippen LogP contribution < -0.4 is 14.8 Å². The highest BCUT2D eigenvalue weighted by Crippen LogP contribution is 2.38. The molecule has 4 rings (SSSR count).